The summed E-state index contributed by atoms with van der Waals surface area (Å²) in [6.07, 6.45) is 0. The maximum absolute atomic E-state index is 12.3. The monoisotopic (exact) mass is 499 g/mol. The molecule has 2 N–H and O–H groups in total. The van der Waals surface area contributed by atoms with Gasteiger partial charge in [-0.1, -0.05) is 33.6 Å². The predicted molar refractivity (Wildman–Crippen MR) is 127 cm³/mol. The summed E-state index contributed by atoms with van der Waals surface area (Å²) in [5, 5.41) is 6.32. The molecule has 0 unspecified atom stereocenters. The zero-order valence-electron chi connectivity index (χ0n) is 15.7. The van der Waals surface area contributed by atoms with Crippen LogP contribution in [0, 0.1) is 6.92 Å². The molecule has 0 aliphatic rings. The fraction of sp³-hybridized carbons (Fsp3) is 0.0455. The van der Waals surface area contributed by atoms with Crippen molar-refractivity contribution >= 4 is 67.6 Å². The molecule has 1 heterocycles. The standard InChI is InChI=1S/C22H15BrClN3O2S/c1-12-2-9-19-18(10-12)26-21(29-19)16-11-15(7-8-17(16)24)25-22(30)27-20(28)13-3-5-14(23)6-4-13/h2-11H,1H3,(H2,25,27,28,30). The topological polar surface area (TPSA) is 67.2 Å². The number of hydrogen-bond donors (Lipinski definition) is 2. The molecule has 0 spiro atoms. The van der Waals surface area contributed by atoms with E-state index >= 15 is 0 Å². The number of rotatable bonds is 3. The number of aromatic nitrogens is 1. The summed E-state index contributed by atoms with van der Waals surface area (Å²) in [5.74, 6) is 0.109. The predicted octanol–water partition coefficient (Wildman–Crippen LogP) is 6.35. The molecular formula is C22H15BrClN3O2S. The first-order chi connectivity index (χ1) is 14.4. The summed E-state index contributed by atoms with van der Waals surface area (Å²) >= 11 is 15.0. The molecule has 0 saturated heterocycles. The molecule has 1 aromatic heterocycles. The Hall–Kier alpha value is -2.74. The fourth-order valence-corrected chi connectivity index (χ4v) is 3.53. The molecule has 0 radical (unpaired) electrons. The van der Waals surface area contributed by atoms with E-state index in [4.69, 9.17) is 28.2 Å². The Kier molecular flexibility index (Phi) is 5.85. The lowest BCUT2D eigenvalue weighted by atomic mass is 10.2. The Bertz CT molecular complexity index is 1270. The third kappa shape index (κ3) is 4.53. The van der Waals surface area contributed by atoms with Crippen LogP contribution in [-0.4, -0.2) is 16.0 Å². The molecule has 150 valence electrons. The molecule has 4 aromatic rings. The number of halogens is 2. The Morgan fingerprint density at radius 3 is 2.63 bits per heavy atom. The number of hydrogen-bond acceptors (Lipinski definition) is 4. The van der Waals surface area contributed by atoms with Crippen LogP contribution in [0.5, 0.6) is 0 Å². The molecular weight excluding hydrogens is 486 g/mol. The van der Waals surface area contributed by atoms with E-state index in [0.29, 0.717) is 33.3 Å². The van der Waals surface area contributed by atoms with Crippen molar-refractivity contribution in [3.63, 3.8) is 0 Å². The molecule has 3 aromatic carbocycles. The zero-order chi connectivity index (χ0) is 21.3. The normalized spacial score (nSPS) is 10.8. The maximum Gasteiger partial charge on any atom is 0.257 e. The first kappa shape index (κ1) is 20.5. The summed E-state index contributed by atoms with van der Waals surface area (Å²) < 4.78 is 6.74. The lowest BCUT2D eigenvalue weighted by molar-refractivity contribution is 0.0977. The van der Waals surface area contributed by atoms with Crippen LogP contribution < -0.4 is 10.6 Å². The first-order valence-corrected chi connectivity index (χ1v) is 10.5. The van der Waals surface area contributed by atoms with Gasteiger partial charge in [0.05, 0.1) is 10.6 Å². The molecule has 0 saturated carbocycles. The van der Waals surface area contributed by atoms with E-state index in [2.05, 4.69) is 31.5 Å². The second-order valence-electron chi connectivity index (χ2n) is 6.60. The Balaban J connectivity index is 1.53. The van der Waals surface area contributed by atoms with Gasteiger partial charge in [0.15, 0.2) is 10.7 Å². The van der Waals surface area contributed by atoms with Crippen molar-refractivity contribution in [1.29, 1.82) is 0 Å². The van der Waals surface area contributed by atoms with Crippen molar-refractivity contribution in [2.45, 2.75) is 6.92 Å². The number of anilines is 1. The van der Waals surface area contributed by atoms with Crippen LogP contribution in [0.15, 0.2) is 69.6 Å². The average molecular weight is 501 g/mol. The molecule has 0 atom stereocenters. The van der Waals surface area contributed by atoms with Crippen LogP contribution in [-0.2, 0) is 0 Å². The van der Waals surface area contributed by atoms with E-state index in [1.165, 1.54) is 0 Å². The second kappa shape index (κ2) is 8.55. The van der Waals surface area contributed by atoms with Crippen LogP contribution in [0.2, 0.25) is 5.02 Å². The number of aryl methyl sites for hydroxylation is 1. The van der Waals surface area contributed by atoms with Crippen LogP contribution in [0.25, 0.3) is 22.6 Å². The SMILES string of the molecule is Cc1ccc2oc(-c3cc(NC(=S)NC(=O)c4ccc(Br)cc4)ccc3Cl)nc2c1. The van der Waals surface area contributed by atoms with E-state index < -0.39 is 0 Å². The molecule has 0 aliphatic carbocycles. The number of benzene rings is 3. The highest BCUT2D eigenvalue weighted by Gasteiger charge is 2.14. The number of carbonyl (C=O) groups is 1. The van der Waals surface area contributed by atoms with Crippen molar-refractivity contribution in [3.05, 3.63) is 81.3 Å². The Labute approximate surface area is 191 Å². The van der Waals surface area contributed by atoms with E-state index in [1.54, 1.807) is 42.5 Å². The first-order valence-electron chi connectivity index (χ1n) is 8.94. The summed E-state index contributed by atoms with van der Waals surface area (Å²) in [7, 11) is 0. The molecule has 0 fully saturated rings. The minimum Gasteiger partial charge on any atom is -0.436 e. The van der Waals surface area contributed by atoms with Crippen molar-refractivity contribution in [2.75, 3.05) is 5.32 Å². The lowest BCUT2D eigenvalue weighted by Gasteiger charge is -2.11. The second-order valence-corrected chi connectivity index (χ2v) is 8.33. The van der Waals surface area contributed by atoms with E-state index in [0.717, 1.165) is 15.6 Å². The van der Waals surface area contributed by atoms with Crippen molar-refractivity contribution in [1.82, 2.24) is 10.3 Å². The van der Waals surface area contributed by atoms with Gasteiger partial charge in [-0.15, -0.1) is 0 Å². The fourth-order valence-electron chi connectivity index (χ4n) is 2.86. The number of amides is 1. The molecule has 4 rings (SSSR count). The molecule has 8 heteroatoms. The molecule has 0 bridgehead atoms. The quantitative estimate of drug-likeness (QED) is 0.321. The maximum atomic E-state index is 12.3. The highest BCUT2D eigenvalue weighted by Crippen LogP contribution is 2.32. The minimum absolute atomic E-state index is 0.171. The van der Waals surface area contributed by atoms with Crippen molar-refractivity contribution < 1.29 is 9.21 Å². The summed E-state index contributed by atoms with van der Waals surface area (Å²) in [4.78, 5) is 16.9. The third-order valence-electron chi connectivity index (χ3n) is 4.33. The molecule has 30 heavy (non-hydrogen) atoms. The number of carbonyl (C=O) groups excluding carboxylic acids is 1. The molecule has 0 aliphatic heterocycles. The summed E-state index contributed by atoms with van der Waals surface area (Å²) in [6, 6.07) is 18.0. The highest BCUT2D eigenvalue weighted by molar-refractivity contribution is 9.10. The number of oxazole rings is 1. The van der Waals surface area contributed by atoms with Gasteiger partial charge in [-0.05, 0) is 79.3 Å². The van der Waals surface area contributed by atoms with Crippen molar-refractivity contribution in [3.8, 4) is 11.5 Å². The Morgan fingerprint density at radius 2 is 1.87 bits per heavy atom. The zero-order valence-corrected chi connectivity index (χ0v) is 18.9. The number of thiocarbonyl (C=S) groups is 1. The average Bonchev–Trinajstić information content (AvgIpc) is 3.12. The van der Waals surface area contributed by atoms with Crippen LogP contribution in [0.1, 0.15) is 15.9 Å². The van der Waals surface area contributed by atoms with Crippen molar-refractivity contribution in [2.24, 2.45) is 0 Å². The summed E-state index contributed by atoms with van der Waals surface area (Å²) in [6.45, 7) is 1.99. The minimum atomic E-state index is -0.302. The van der Waals surface area contributed by atoms with Gasteiger partial charge < -0.3 is 9.73 Å². The van der Waals surface area contributed by atoms with E-state index in [-0.39, 0.29) is 11.0 Å². The number of fused-ring (bicyclic) bond motifs is 1. The van der Waals surface area contributed by atoms with Gasteiger partial charge in [0.2, 0.25) is 5.89 Å². The third-order valence-corrected chi connectivity index (χ3v) is 5.39. The summed E-state index contributed by atoms with van der Waals surface area (Å²) in [5.41, 5.74) is 4.31. The van der Waals surface area contributed by atoms with Gasteiger partial charge in [0, 0.05) is 15.7 Å². The molecule has 1 amide bonds. The number of nitrogens with zero attached hydrogens (tertiary/aromatic N) is 1. The van der Waals surface area contributed by atoms with E-state index in [9.17, 15) is 4.79 Å². The lowest BCUT2D eigenvalue weighted by Crippen LogP contribution is -2.34. The Morgan fingerprint density at radius 1 is 1.10 bits per heavy atom. The van der Waals surface area contributed by atoms with Crippen LogP contribution in [0.4, 0.5) is 5.69 Å². The molecule has 5 nitrogen and oxygen atoms in total. The number of nitrogens with one attached hydrogen (secondary N) is 2. The van der Waals surface area contributed by atoms with Gasteiger partial charge in [0.1, 0.15) is 5.52 Å². The largest absolute Gasteiger partial charge is 0.436 e. The van der Waals surface area contributed by atoms with E-state index in [1.807, 2.05) is 25.1 Å². The highest BCUT2D eigenvalue weighted by atomic mass is 79.9. The smallest absolute Gasteiger partial charge is 0.257 e. The van der Waals surface area contributed by atoms with Gasteiger partial charge in [-0.25, -0.2) is 4.98 Å². The van der Waals surface area contributed by atoms with Crippen LogP contribution >= 0.6 is 39.7 Å². The van der Waals surface area contributed by atoms with Gasteiger partial charge in [-0.2, -0.15) is 0 Å². The van der Waals surface area contributed by atoms with Gasteiger partial charge in [0.25, 0.3) is 5.91 Å². The van der Waals surface area contributed by atoms with Crippen LogP contribution in [0.3, 0.4) is 0 Å². The van der Waals surface area contributed by atoms with Gasteiger partial charge >= 0.3 is 0 Å². The van der Waals surface area contributed by atoms with Gasteiger partial charge in [-0.3, -0.25) is 10.1 Å².